The predicted octanol–water partition coefficient (Wildman–Crippen LogP) is 11.0. The highest BCUT2D eigenvalue weighted by molar-refractivity contribution is 9.10. The van der Waals surface area contributed by atoms with Gasteiger partial charge in [-0.3, -0.25) is 38.5 Å². The fourth-order valence-corrected chi connectivity index (χ4v) is 10.7. The number of likely N-dealkylation sites (tertiary alicyclic amines) is 1. The first kappa shape index (κ1) is 67.9. The van der Waals surface area contributed by atoms with Crippen molar-refractivity contribution < 1.29 is 33.1 Å². The van der Waals surface area contributed by atoms with Gasteiger partial charge in [0, 0.05) is 133 Å². The van der Waals surface area contributed by atoms with Gasteiger partial charge >= 0.3 is 5.97 Å². The molecule has 4 atom stereocenters. The average Bonchev–Trinajstić information content (AvgIpc) is 2.48. The third-order valence-electron chi connectivity index (χ3n) is 13.9. The molecular weight excluding hydrogens is 1310 g/mol. The van der Waals surface area contributed by atoms with Crippen LogP contribution >= 0.6 is 57.8 Å². The number of allylic oxidation sites excluding steroid dienone is 2. The Bertz CT molecular complexity index is 3950. The normalized spacial score (nSPS) is 17.4. The van der Waals surface area contributed by atoms with Crippen LogP contribution in [-0.2, 0) is 45.1 Å². The van der Waals surface area contributed by atoms with Crippen LogP contribution in [-0.4, -0.2) is 132 Å². The zero-order valence-corrected chi connectivity index (χ0v) is 52.6. The lowest BCUT2D eigenvalue weighted by atomic mass is 10.0. The Hall–Kier alpha value is -7.20. The molecule has 0 saturated carbocycles. The first-order valence-electron chi connectivity index (χ1n) is 26.1. The molecule has 0 aliphatic carbocycles. The Morgan fingerprint density at radius 1 is 0.663 bits per heavy atom. The number of nitrogens with one attached hydrogen (secondary N) is 1. The zero-order chi connectivity index (χ0) is 59.1. The number of nitrogens with zero attached hydrogens (tertiary/aromatic N) is 13. The van der Waals surface area contributed by atoms with E-state index < -0.39 is 24.4 Å². The summed E-state index contributed by atoms with van der Waals surface area (Å²) in [6.45, 7) is 6.48. The number of aromatic nitrogens is 10. The van der Waals surface area contributed by atoms with Gasteiger partial charge in [0.15, 0.2) is 11.6 Å². The van der Waals surface area contributed by atoms with E-state index in [-0.39, 0.29) is 94.3 Å². The summed E-state index contributed by atoms with van der Waals surface area (Å²) in [7, 11) is 0. The molecule has 27 heteroatoms. The molecule has 0 spiro atoms. The number of carboxylic acid groups (broad SMARTS) is 1. The van der Waals surface area contributed by atoms with E-state index in [0.29, 0.717) is 68.8 Å². The van der Waals surface area contributed by atoms with Crippen molar-refractivity contribution in [2.45, 2.75) is 98.3 Å². The maximum Gasteiger partial charge on any atom is 0.325 e. The maximum absolute atomic E-state index is 14.7. The molecule has 1 amide bonds. The fourth-order valence-electron chi connectivity index (χ4n) is 9.98. The minimum atomic E-state index is -1.15. The van der Waals surface area contributed by atoms with E-state index in [1.807, 2.05) is 79.7 Å². The number of halogens is 5. The van der Waals surface area contributed by atoms with Crippen LogP contribution in [0.2, 0.25) is 0 Å². The number of carbonyl (C=O) groups excluding carboxylic acids is 3. The van der Waals surface area contributed by atoms with Crippen LogP contribution in [0.4, 0.5) is 8.78 Å². The van der Waals surface area contributed by atoms with Gasteiger partial charge in [-0.05, 0) is 105 Å². The second kappa shape index (κ2) is 30.4. The van der Waals surface area contributed by atoms with E-state index in [1.165, 1.54) is 23.2 Å². The largest absolute Gasteiger partial charge is 0.480 e. The van der Waals surface area contributed by atoms with Gasteiger partial charge in [0.25, 0.3) is 0 Å². The average molecular weight is 1370 g/mol. The topological polar surface area (TPSA) is 241 Å². The van der Waals surface area contributed by atoms with Gasteiger partial charge in [0.2, 0.25) is 5.91 Å². The Balaban J connectivity index is 0.000000219. The number of amides is 1. The summed E-state index contributed by atoms with van der Waals surface area (Å²) in [5, 5.41) is 22.0. The summed E-state index contributed by atoms with van der Waals surface area (Å²) in [5.74, 6) is -0.379. The molecule has 0 radical (unpaired) electrons. The summed E-state index contributed by atoms with van der Waals surface area (Å²) >= 11 is 14.1. The number of hydrogen-bond acceptors (Lipinski definition) is 17. The molecule has 0 unspecified atom stereocenters. The van der Waals surface area contributed by atoms with Crippen molar-refractivity contribution in [3.8, 4) is 22.3 Å². The number of rotatable bonds is 12. The second-order valence-electron chi connectivity index (χ2n) is 19.7. The zero-order valence-electron chi connectivity index (χ0n) is 46.0. The van der Waals surface area contributed by atoms with Crippen molar-refractivity contribution in [3.05, 3.63) is 153 Å². The van der Waals surface area contributed by atoms with Gasteiger partial charge in [-0.25, -0.2) is 38.7 Å². The van der Waals surface area contributed by atoms with Crippen LogP contribution in [0.25, 0.3) is 55.5 Å². The van der Waals surface area contributed by atoms with Gasteiger partial charge in [0.05, 0.1) is 46.4 Å². The predicted molar refractivity (Wildman–Crippen MR) is 348 cm³/mol. The summed E-state index contributed by atoms with van der Waals surface area (Å²) < 4.78 is 32.2. The molecule has 86 heavy (non-hydrogen) atoms. The van der Waals surface area contributed by atoms with Crippen LogP contribution < -0.4 is 5.32 Å². The standard InChI is InChI=1S/C29H25BrFN7O2.C16H14N4O3.C13H13BrFN3.CH4.ClH.S2.H2S/c1-16(39)29-21-10-18(19-12-32-17(2)33-13-19)6-9-25(21)38(36-29)15-28(40)37-14-20(31)11-26(37)24-8-7-23(34-24)22-4-3-5-27(30)35-22;1-9(21)16-13-5-11(12-6-17-10(2)18-7-12)3-4-14(13)20(19-16)8-15(22)23;14-13-3-1-2-9(18-13)10-4-5-11(17-10)12-6-8(15)7-16-12;;;1-2;/h3-7,9-10,12-13,20,26H,8,11,14-15H2,1-2H3;3-7H,8H2,1-2H3,(H,22,23);1-4,8,12,16H,5-7H2;1H4;1H;;1H2/t20-,26+;;8-,12+;;;;/m1.1..../s1. The number of aryl methyl sites for hydroxylation is 2. The molecule has 8 aromatic rings. The molecule has 2 saturated heterocycles. The lowest BCUT2D eigenvalue weighted by Crippen LogP contribution is -2.42. The summed E-state index contributed by atoms with van der Waals surface area (Å²) in [6, 6.07) is 21.9. The highest BCUT2D eigenvalue weighted by Gasteiger charge is 2.39. The highest BCUT2D eigenvalue weighted by atomic mass is 79.9. The number of carbonyl (C=O) groups is 4. The minimum absolute atomic E-state index is 0. The van der Waals surface area contributed by atoms with E-state index in [9.17, 15) is 28.0 Å². The molecule has 2 aromatic carbocycles. The molecule has 4 aliphatic rings. The number of fused-ring (bicyclic) bond motifs is 2. The van der Waals surface area contributed by atoms with Crippen LogP contribution in [0.15, 0.2) is 129 Å². The lowest BCUT2D eigenvalue weighted by Gasteiger charge is -2.24. The number of benzene rings is 2. The van der Waals surface area contributed by atoms with Crippen molar-refractivity contribution in [1.82, 2.24) is 59.7 Å². The minimum Gasteiger partial charge on any atom is -0.480 e. The molecule has 6 aromatic heterocycles. The van der Waals surface area contributed by atoms with Gasteiger partial charge in [-0.1, -0.05) is 43.8 Å². The number of pyridine rings is 2. The lowest BCUT2D eigenvalue weighted by molar-refractivity contribution is -0.137. The van der Waals surface area contributed by atoms with Gasteiger partial charge in [-0.15, -0.1) is 12.4 Å². The van der Waals surface area contributed by atoms with Crippen molar-refractivity contribution in [3.63, 3.8) is 0 Å². The quantitative estimate of drug-likeness (QED) is 0.0853. The molecule has 448 valence electrons. The Kier molecular flexibility index (Phi) is 24.0. The molecule has 10 heterocycles. The van der Waals surface area contributed by atoms with Crippen molar-refractivity contribution in [2.24, 2.45) is 9.98 Å². The third-order valence-corrected chi connectivity index (χ3v) is 14.8. The van der Waals surface area contributed by atoms with Crippen LogP contribution in [0.1, 0.15) is 91.0 Å². The first-order chi connectivity index (χ1) is 39.9. The van der Waals surface area contributed by atoms with Gasteiger partial charge in [0.1, 0.15) is 57.7 Å². The van der Waals surface area contributed by atoms with Crippen LogP contribution in [0.5, 0.6) is 0 Å². The number of alkyl halides is 2. The smallest absolute Gasteiger partial charge is 0.325 e. The Labute approximate surface area is 534 Å². The fraction of sp³-hybridized carbons (Fsp3) is 0.288. The molecule has 19 nitrogen and oxygen atoms in total. The van der Waals surface area contributed by atoms with Gasteiger partial charge < -0.3 is 15.3 Å². The number of carboxylic acids is 1. The molecule has 4 aliphatic heterocycles. The molecule has 12 rings (SSSR count). The Morgan fingerprint density at radius 3 is 1.57 bits per heavy atom. The molecule has 2 fully saturated rings. The molecular formula is C59H59Br2ClF2N14O5S3. The van der Waals surface area contributed by atoms with E-state index in [1.54, 1.807) is 42.7 Å². The van der Waals surface area contributed by atoms with E-state index in [0.717, 1.165) is 56.1 Å². The molecule has 0 bridgehead atoms. The molecule has 2 N–H and O–H groups in total. The monoisotopic (exact) mass is 1370 g/mol. The van der Waals surface area contributed by atoms with Crippen LogP contribution in [0, 0.1) is 13.8 Å². The number of Topliss-reactive ketones (excluding diaryl/α,β-unsaturated/α-hetero) is 2. The summed E-state index contributed by atoms with van der Waals surface area (Å²) in [4.78, 5) is 85.3. The number of aliphatic imine (C=N–C) groups is 2. The summed E-state index contributed by atoms with van der Waals surface area (Å²) in [6.07, 6.45) is 11.0. The van der Waals surface area contributed by atoms with E-state index in [2.05, 4.69) is 111 Å². The van der Waals surface area contributed by atoms with Crippen LogP contribution in [0.3, 0.4) is 0 Å². The Morgan fingerprint density at radius 2 is 1.13 bits per heavy atom. The van der Waals surface area contributed by atoms with Crippen molar-refractivity contribution in [2.75, 3.05) is 13.1 Å². The number of ketones is 2. The second-order valence-corrected chi connectivity index (χ2v) is 21.3. The SMILES string of the molecule is C.CC(=O)c1nn(CC(=O)N2C[C@H](F)C[C@H]2C2=NC(c3cccc(Br)n3)=CC2)c2ccc(-c3cnc(C)nc3)cc12.CC(=O)c1nn(CC(=O)O)c2ccc(-c3cnc(C)nc3)cc12.Cl.F[C@H]1CN[C@H](C2=NC(c3cccc(Br)n3)=CC2)C1.S.S=S. The summed E-state index contributed by atoms with van der Waals surface area (Å²) in [5.41, 5.74) is 10.0. The third kappa shape index (κ3) is 16.1. The highest BCUT2D eigenvalue weighted by Crippen LogP contribution is 2.33. The van der Waals surface area contributed by atoms with Crippen molar-refractivity contribution in [1.29, 1.82) is 0 Å². The van der Waals surface area contributed by atoms with E-state index in [4.69, 9.17) is 10.1 Å². The van der Waals surface area contributed by atoms with Crippen molar-refractivity contribution >= 4 is 148 Å². The van der Waals surface area contributed by atoms with E-state index >= 15 is 0 Å². The maximum atomic E-state index is 14.7. The first-order valence-corrected chi connectivity index (χ1v) is 29.0. The van der Waals surface area contributed by atoms with Gasteiger partial charge in [-0.2, -0.15) is 23.7 Å². The number of aliphatic carboxylic acids is 1. The number of hydrogen-bond donors (Lipinski definition) is 2.